The molecule has 1 saturated carbocycles. The lowest BCUT2D eigenvalue weighted by Crippen LogP contribution is -2.88. The van der Waals surface area contributed by atoms with Crippen LogP contribution in [0.15, 0.2) is 0 Å². The van der Waals surface area contributed by atoms with Gasteiger partial charge in [0.25, 0.3) is 5.41 Å². The minimum absolute atomic E-state index is 4.91. The van der Waals surface area contributed by atoms with E-state index in [0.29, 0.717) is 0 Å². The fourth-order valence-corrected chi connectivity index (χ4v) is 2.27. The van der Waals surface area contributed by atoms with E-state index in [1.54, 1.807) is 0 Å². The second kappa shape index (κ2) is 4.82. The molecule has 0 saturated heterocycles. The first-order chi connectivity index (χ1) is 10.9. The molecule has 0 heterocycles. The third-order valence-corrected chi connectivity index (χ3v) is 3.67. The normalized spacial score (nSPS) is 28.4. The number of carboxylic acid groups (broad SMARTS) is 1. The summed E-state index contributed by atoms with van der Waals surface area (Å²) in [6.07, 6.45) is -7.86. The van der Waals surface area contributed by atoms with Crippen LogP contribution in [0, 0.1) is 5.41 Å². The highest BCUT2D eigenvalue weighted by atomic mass is 19.4. The summed E-state index contributed by atoms with van der Waals surface area (Å²) in [5.74, 6) is -53.6. The van der Waals surface area contributed by atoms with Crippen molar-refractivity contribution in [3.8, 4) is 0 Å². The number of hydrogen-bond donors (Lipinski definition) is 1. The first kappa shape index (κ1) is 22.5. The molecule has 0 aliphatic heterocycles. The summed E-state index contributed by atoms with van der Waals surface area (Å²) in [6.45, 7) is 0. The van der Waals surface area contributed by atoms with Gasteiger partial charge in [-0.25, -0.2) is 0 Å². The SMILES string of the molecule is O=C(O)C1(C(F)(F)C(F)(F)F)C(F)(F)C(F)(F)C(F)(F)C(F)(F)C1(F)F. The molecule has 2 nitrogen and oxygen atoms in total. The Morgan fingerprint density at radius 1 is 0.577 bits per heavy atom. The highest BCUT2D eigenvalue weighted by Crippen LogP contribution is 2.76. The van der Waals surface area contributed by atoms with Crippen LogP contribution in [-0.2, 0) is 4.79 Å². The monoisotopic (exact) mass is 426 g/mol. The summed E-state index contributed by atoms with van der Waals surface area (Å²) in [5.41, 5.74) is -8.01. The van der Waals surface area contributed by atoms with Gasteiger partial charge in [0.2, 0.25) is 0 Å². The van der Waals surface area contributed by atoms with Gasteiger partial charge in [0.05, 0.1) is 0 Å². The maximum atomic E-state index is 13.5. The van der Waals surface area contributed by atoms with Crippen molar-refractivity contribution in [1.82, 2.24) is 0 Å². The van der Waals surface area contributed by atoms with E-state index in [-0.39, 0.29) is 0 Å². The van der Waals surface area contributed by atoms with Crippen molar-refractivity contribution >= 4 is 5.97 Å². The zero-order valence-corrected chi connectivity index (χ0v) is 11.0. The summed E-state index contributed by atoms with van der Waals surface area (Å²) in [7, 11) is 0. The number of hydrogen-bond acceptors (Lipinski definition) is 1. The second-order valence-corrected chi connectivity index (χ2v) is 5.00. The van der Waals surface area contributed by atoms with Crippen molar-refractivity contribution in [2.45, 2.75) is 41.7 Å². The van der Waals surface area contributed by atoms with Crippen molar-refractivity contribution in [1.29, 1.82) is 0 Å². The molecule has 0 amide bonds. The van der Waals surface area contributed by atoms with Crippen LogP contribution in [0.5, 0.6) is 0 Å². The Balaban J connectivity index is 4.30. The number of alkyl halides is 15. The van der Waals surface area contributed by atoms with Gasteiger partial charge in [-0.2, -0.15) is 65.9 Å². The molecule has 0 radical (unpaired) electrons. The Morgan fingerprint density at radius 2 is 0.808 bits per heavy atom. The Bertz CT molecular complexity index is 585. The zero-order valence-electron chi connectivity index (χ0n) is 11.0. The maximum absolute atomic E-state index is 13.5. The Labute approximate surface area is 130 Å². The van der Waals surface area contributed by atoms with E-state index in [1.807, 2.05) is 0 Å². The van der Waals surface area contributed by atoms with Gasteiger partial charge < -0.3 is 5.11 Å². The highest BCUT2D eigenvalue weighted by molar-refractivity contribution is 5.81. The van der Waals surface area contributed by atoms with Crippen LogP contribution >= 0.6 is 0 Å². The molecule has 0 aromatic carbocycles. The molecule has 17 heteroatoms. The molecule has 0 aromatic heterocycles. The second-order valence-electron chi connectivity index (χ2n) is 5.00. The van der Waals surface area contributed by atoms with Crippen LogP contribution in [0.2, 0.25) is 0 Å². The fourth-order valence-electron chi connectivity index (χ4n) is 2.27. The predicted molar refractivity (Wildman–Crippen MR) is 45.8 cm³/mol. The highest BCUT2D eigenvalue weighted by Gasteiger charge is 3.08. The molecule has 0 spiro atoms. The maximum Gasteiger partial charge on any atom is 0.455 e. The van der Waals surface area contributed by atoms with Gasteiger partial charge in [-0.3, -0.25) is 4.79 Å². The summed E-state index contributed by atoms with van der Waals surface area (Å²) >= 11 is 0. The van der Waals surface area contributed by atoms with Crippen LogP contribution in [0.1, 0.15) is 0 Å². The average Bonchev–Trinajstić information content (AvgIpc) is 2.34. The van der Waals surface area contributed by atoms with Gasteiger partial charge in [-0.1, -0.05) is 0 Å². The summed E-state index contributed by atoms with van der Waals surface area (Å²) in [5, 5.41) is 8.14. The van der Waals surface area contributed by atoms with Gasteiger partial charge in [0.15, 0.2) is 0 Å². The average molecular weight is 426 g/mol. The smallest absolute Gasteiger partial charge is 0.455 e. The molecular formula is C9HF15O2. The van der Waals surface area contributed by atoms with Crippen molar-refractivity contribution in [2.75, 3.05) is 0 Å². The lowest BCUT2D eigenvalue weighted by Gasteiger charge is -2.55. The van der Waals surface area contributed by atoms with Crippen LogP contribution in [0.4, 0.5) is 65.9 Å². The van der Waals surface area contributed by atoms with E-state index in [2.05, 4.69) is 0 Å². The number of carboxylic acids is 1. The van der Waals surface area contributed by atoms with Gasteiger partial charge in [0, 0.05) is 0 Å². The number of aliphatic carboxylic acids is 1. The first-order valence-electron chi connectivity index (χ1n) is 5.51. The van der Waals surface area contributed by atoms with E-state index in [1.165, 1.54) is 0 Å². The minimum atomic E-state index is -8.22. The molecule has 1 N–H and O–H groups in total. The summed E-state index contributed by atoms with van der Waals surface area (Å²) < 4.78 is 195. The van der Waals surface area contributed by atoms with Gasteiger partial charge in [-0.05, 0) is 0 Å². The van der Waals surface area contributed by atoms with Crippen molar-refractivity contribution in [3.05, 3.63) is 0 Å². The van der Waals surface area contributed by atoms with E-state index in [0.717, 1.165) is 0 Å². The lowest BCUT2D eigenvalue weighted by molar-refractivity contribution is -0.515. The molecule has 1 rings (SSSR count). The van der Waals surface area contributed by atoms with Crippen molar-refractivity contribution in [3.63, 3.8) is 0 Å². The quantitative estimate of drug-likeness (QED) is 0.664. The molecule has 0 atom stereocenters. The van der Waals surface area contributed by atoms with Crippen molar-refractivity contribution < 1.29 is 75.8 Å². The van der Waals surface area contributed by atoms with Gasteiger partial charge in [0.1, 0.15) is 0 Å². The first-order valence-corrected chi connectivity index (χ1v) is 5.51. The Morgan fingerprint density at radius 3 is 1.00 bits per heavy atom. The topological polar surface area (TPSA) is 37.3 Å². The van der Waals surface area contributed by atoms with Crippen molar-refractivity contribution in [2.24, 2.45) is 5.41 Å². The third kappa shape index (κ3) is 1.76. The molecular weight excluding hydrogens is 425 g/mol. The molecule has 154 valence electrons. The number of halogens is 15. The van der Waals surface area contributed by atoms with Gasteiger partial charge >= 0.3 is 47.7 Å². The minimum Gasteiger partial charge on any atom is -0.480 e. The van der Waals surface area contributed by atoms with Crippen LogP contribution in [-0.4, -0.2) is 52.8 Å². The molecule has 0 aromatic rings. The molecule has 0 bridgehead atoms. The summed E-state index contributed by atoms with van der Waals surface area (Å²) in [4.78, 5) is 10.5. The third-order valence-electron chi connectivity index (χ3n) is 3.67. The molecule has 1 aliphatic carbocycles. The molecule has 26 heavy (non-hydrogen) atoms. The Hall–Kier alpha value is -1.58. The standard InChI is InChI=1S/C9HF15O2/c10-3(11)2(1(25)26,5(14,15)9(22,23)24)4(12,13)7(18,19)8(20,21)6(3,16)17/h(H,25,26). The zero-order chi connectivity index (χ0) is 21.6. The van der Waals surface area contributed by atoms with E-state index in [4.69, 9.17) is 5.11 Å². The molecule has 1 aliphatic rings. The van der Waals surface area contributed by atoms with Crippen LogP contribution < -0.4 is 0 Å². The van der Waals surface area contributed by atoms with Crippen LogP contribution in [0.3, 0.4) is 0 Å². The van der Waals surface area contributed by atoms with E-state index in [9.17, 15) is 70.7 Å². The predicted octanol–water partition coefficient (Wildman–Crippen LogP) is 4.45. The molecule has 1 fully saturated rings. The Kier molecular flexibility index (Phi) is 4.16. The van der Waals surface area contributed by atoms with Gasteiger partial charge in [-0.15, -0.1) is 0 Å². The number of rotatable bonds is 2. The number of carbonyl (C=O) groups is 1. The summed E-state index contributed by atoms with van der Waals surface area (Å²) in [6, 6.07) is 0. The van der Waals surface area contributed by atoms with E-state index < -0.39 is 53.1 Å². The largest absolute Gasteiger partial charge is 0.480 e. The van der Waals surface area contributed by atoms with E-state index >= 15 is 0 Å². The molecule has 0 unspecified atom stereocenters. The lowest BCUT2D eigenvalue weighted by atomic mass is 9.59. The van der Waals surface area contributed by atoms with Crippen LogP contribution in [0.25, 0.3) is 0 Å². The fraction of sp³-hybridized carbons (Fsp3) is 0.889.